The zero-order chi connectivity index (χ0) is 19.9. The largest absolute Gasteiger partial charge is 0.491 e. The summed E-state index contributed by atoms with van der Waals surface area (Å²) in [5, 5.41) is 0. The van der Waals surface area contributed by atoms with E-state index in [0.29, 0.717) is 19.1 Å². The van der Waals surface area contributed by atoms with E-state index in [2.05, 4.69) is 19.1 Å². The maximum Gasteiger partial charge on any atom is 0.204 e. The Balaban J connectivity index is 1.48. The van der Waals surface area contributed by atoms with E-state index >= 15 is 0 Å². The molecule has 1 saturated carbocycles. The van der Waals surface area contributed by atoms with Crippen molar-refractivity contribution in [3.8, 4) is 11.5 Å². The van der Waals surface area contributed by atoms with E-state index < -0.39 is 11.6 Å². The van der Waals surface area contributed by atoms with Crippen LogP contribution in [0.4, 0.5) is 8.78 Å². The van der Waals surface area contributed by atoms with Crippen molar-refractivity contribution >= 4 is 0 Å². The highest BCUT2D eigenvalue weighted by atomic mass is 19.2. The molecule has 156 valence electrons. The van der Waals surface area contributed by atoms with Gasteiger partial charge in [-0.3, -0.25) is 0 Å². The zero-order valence-electron chi connectivity index (χ0n) is 17.3. The van der Waals surface area contributed by atoms with Crippen LogP contribution in [-0.2, 0) is 0 Å². The topological polar surface area (TPSA) is 18.5 Å². The number of halogens is 2. The van der Waals surface area contributed by atoms with E-state index in [9.17, 15) is 8.78 Å². The monoisotopic (exact) mass is 392 g/mol. The quantitative estimate of drug-likeness (QED) is 0.447. The highest BCUT2D eigenvalue weighted by Crippen LogP contribution is 2.40. The molecule has 0 aromatic heterocycles. The van der Waals surface area contributed by atoms with Crippen LogP contribution >= 0.6 is 0 Å². The molecule has 3 rings (SSSR count). The van der Waals surface area contributed by atoms with Gasteiger partial charge in [0, 0.05) is 5.92 Å². The van der Waals surface area contributed by atoms with Gasteiger partial charge in [0.1, 0.15) is 0 Å². The maximum absolute atomic E-state index is 14.1. The lowest BCUT2D eigenvalue weighted by atomic mass is 9.71. The summed E-state index contributed by atoms with van der Waals surface area (Å²) in [5.41, 5.74) is 0. The second-order valence-corrected chi connectivity index (χ2v) is 8.39. The van der Waals surface area contributed by atoms with Gasteiger partial charge in [0.25, 0.3) is 0 Å². The summed E-state index contributed by atoms with van der Waals surface area (Å²) in [6, 6.07) is 2.88. The lowest BCUT2D eigenvalue weighted by Gasteiger charge is -2.35. The summed E-state index contributed by atoms with van der Waals surface area (Å²) < 4.78 is 38.8. The molecule has 0 amide bonds. The number of rotatable bonds is 8. The smallest absolute Gasteiger partial charge is 0.204 e. The van der Waals surface area contributed by atoms with Crippen LogP contribution in [0.25, 0.3) is 0 Å². The highest BCUT2D eigenvalue weighted by molar-refractivity contribution is 5.35. The fourth-order valence-electron chi connectivity index (χ4n) is 4.83. The molecule has 1 aromatic carbocycles. The second-order valence-electron chi connectivity index (χ2n) is 8.39. The molecule has 0 aliphatic heterocycles. The Kier molecular flexibility index (Phi) is 7.75. The molecule has 0 spiro atoms. The average Bonchev–Trinajstić information content (AvgIpc) is 2.72. The van der Waals surface area contributed by atoms with Crippen LogP contribution in [0.5, 0.6) is 11.5 Å². The first-order valence-corrected chi connectivity index (χ1v) is 11.0. The zero-order valence-corrected chi connectivity index (χ0v) is 17.3. The van der Waals surface area contributed by atoms with Gasteiger partial charge >= 0.3 is 0 Å². The van der Waals surface area contributed by atoms with Crippen LogP contribution in [0.1, 0.15) is 65.2 Å². The second kappa shape index (κ2) is 10.3. The Hall–Kier alpha value is -1.58. The summed E-state index contributed by atoms with van der Waals surface area (Å²) in [7, 11) is 0. The first-order valence-electron chi connectivity index (χ1n) is 11.0. The minimum Gasteiger partial charge on any atom is -0.491 e. The van der Waals surface area contributed by atoms with Crippen molar-refractivity contribution in [2.75, 3.05) is 13.2 Å². The van der Waals surface area contributed by atoms with Crippen LogP contribution in [-0.4, -0.2) is 13.2 Å². The molecular formula is C24H34F2O2. The molecule has 1 aromatic rings. The summed E-state index contributed by atoms with van der Waals surface area (Å²) >= 11 is 0. The molecule has 4 heteroatoms. The minimum atomic E-state index is -0.975. The third-order valence-electron chi connectivity index (χ3n) is 6.46. The SMILES string of the molecule is CCCC1CCC(C2C=CC(COc3ccc(OCC)c(F)c3F)CC2)CC1. The van der Waals surface area contributed by atoms with Gasteiger partial charge in [0.2, 0.25) is 11.6 Å². The van der Waals surface area contributed by atoms with Gasteiger partial charge in [0.05, 0.1) is 13.2 Å². The molecule has 2 unspecified atom stereocenters. The van der Waals surface area contributed by atoms with E-state index in [0.717, 1.165) is 18.3 Å². The van der Waals surface area contributed by atoms with Crippen LogP contribution in [0.15, 0.2) is 24.3 Å². The average molecular weight is 393 g/mol. The van der Waals surface area contributed by atoms with E-state index in [1.807, 2.05) is 0 Å². The Labute approximate surface area is 168 Å². The number of hydrogen-bond donors (Lipinski definition) is 0. The molecular weight excluding hydrogens is 358 g/mol. The first-order chi connectivity index (χ1) is 13.6. The van der Waals surface area contributed by atoms with Crippen molar-refractivity contribution in [1.82, 2.24) is 0 Å². The third-order valence-corrected chi connectivity index (χ3v) is 6.46. The van der Waals surface area contributed by atoms with Crippen molar-refractivity contribution in [3.05, 3.63) is 35.9 Å². The van der Waals surface area contributed by atoms with Crippen molar-refractivity contribution in [2.45, 2.75) is 65.2 Å². The van der Waals surface area contributed by atoms with Crippen molar-refractivity contribution in [1.29, 1.82) is 0 Å². The molecule has 0 heterocycles. The Morgan fingerprint density at radius 1 is 0.857 bits per heavy atom. The molecule has 2 aliphatic rings. The molecule has 0 N–H and O–H groups in total. The number of benzene rings is 1. The number of allylic oxidation sites excluding steroid dienone is 1. The summed E-state index contributed by atoms with van der Waals surface area (Å²) in [4.78, 5) is 0. The predicted octanol–water partition coefficient (Wildman–Crippen LogP) is 6.93. The molecule has 1 fully saturated rings. The first kappa shape index (κ1) is 21.1. The Bertz CT molecular complexity index is 650. The molecule has 2 nitrogen and oxygen atoms in total. The summed E-state index contributed by atoms with van der Waals surface area (Å²) in [6.07, 6.45) is 15.0. The number of hydrogen-bond acceptors (Lipinski definition) is 2. The third kappa shape index (κ3) is 5.27. The van der Waals surface area contributed by atoms with Gasteiger partial charge < -0.3 is 9.47 Å². The van der Waals surface area contributed by atoms with Crippen molar-refractivity contribution in [3.63, 3.8) is 0 Å². The normalized spacial score (nSPS) is 27.6. The summed E-state index contributed by atoms with van der Waals surface area (Å²) in [6.45, 7) is 4.70. The molecule has 0 saturated heterocycles. The van der Waals surface area contributed by atoms with Crippen LogP contribution in [0.2, 0.25) is 0 Å². The lowest BCUT2D eigenvalue weighted by molar-refractivity contribution is 0.191. The molecule has 28 heavy (non-hydrogen) atoms. The number of ether oxygens (including phenoxy) is 2. The van der Waals surface area contributed by atoms with Gasteiger partial charge in [-0.25, -0.2) is 0 Å². The van der Waals surface area contributed by atoms with E-state index in [1.165, 1.54) is 57.1 Å². The molecule has 2 atom stereocenters. The highest BCUT2D eigenvalue weighted by Gasteiger charge is 2.28. The van der Waals surface area contributed by atoms with Gasteiger partial charge in [-0.15, -0.1) is 0 Å². The fraction of sp³-hybridized carbons (Fsp3) is 0.667. The van der Waals surface area contributed by atoms with Crippen LogP contribution in [0, 0.1) is 35.3 Å². The molecule has 0 bridgehead atoms. The maximum atomic E-state index is 14.1. The fourth-order valence-corrected chi connectivity index (χ4v) is 4.83. The molecule has 2 aliphatic carbocycles. The molecule has 0 radical (unpaired) electrons. The van der Waals surface area contributed by atoms with Crippen LogP contribution < -0.4 is 9.47 Å². The standard InChI is InChI=1S/C24H34F2O2/c1-3-5-17-6-10-19(11-7-17)20-12-8-18(9-13-20)16-28-22-15-14-21(27-4-2)23(25)24(22)26/h8,12,14-15,17-20H,3-7,9-11,13,16H2,1-2H3. The summed E-state index contributed by atoms with van der Waals surface area (Å²) in [5.74, 6) is 0.667. The van der Waals surface area contributed by atoms with E-state index in [1.54, 1.807) is 6.92 Å². The predicted molar refractivity (Wildman–Crippen MR) is 109 cm³/mol. The van der Waals surface area contributed by atoms with Gasteiger partial charge in [-0.1, -0.05) is 44.8 Å². The van der Waals surface area contributed by atoms with Gasteiger partial charge in [0.15, 0.2) is 11.5 Å². The Morgan fingerprint density at radius 2 is 1.54 bits per heavy atom. The van der Waals surface area contributed by atoms with Crippen molar-refractivity contribution < 1.29 is 18.3 Å². The van der Waals surface area contributed by atoms with Crippen molar-refractivity contribution in [2.24, 2.45) is 23.7 Å². The van der Waals surface area contributed by atoms with Crippen LogP contribution in [0.3, 0.4) is 0 Å². The van der Waals surface area contributed by atoms with Gasteiger partial charge in [-0.05, 0) is 62.5 Å². The minimum absolute atomic E-state index is 0.0364. The van der Waals surface area contributed by atoms with E-state index in [4.69, 9.17) is 9.47 Å². The Morgan fingerprint density at radius 3 is 2.11 bits per heavy atom. The lowest BCUT2D eigenvalue weighted by Crippen LogP contribution is -2.24. The van der Waals surface area contributed by atoms with E-state index in [-0.39, 0.29) is 17.4 Å². The van der Waals surface area contributed by atoms with Gasteiger partial charge in [-0.2, -0.15) is 8.78 Å².